The average Bonchev–Trinajstić information content (AvgIpc) is 2.42. The molecule has 1 N–H and O–H groups in total. The first-order valence-corrected chi connectivity index (χ1v) is 6.70. The molecular formula is C15H22N2O2. The van der Waals surface area contributed by atoms with Gasteiger partial charge in [0.05, 0.1) is 19.3 Å². The number of nitrogens with zero attached hydrogens (tertiary/aromatic N) is 1. The third-order valence-corrected chi connectivity index (χ3v) is 2.52. The van der Waals surface area contributed by atoms with E-state index in [-0.39, 0.29) is 6.04 Å². The van der Waals surface area contributed by atoms with E-state index >= 15 is 0 Å². The van der Waals surface area contributed by atoms with Gasteiger partial charge in [0.2, 0.25) is 0 Å². The standard InChI is InChI=1S/C15H22N2O2/c1-3-18-12-13(2)17-14-7-6-8-15(11-14)19-10-5-4-9-16/h6-8,11,13,17H,3-5,10,12H2,1-2H3. The summed E-state index contributed by atoms with van der Waals surface area (Å²) in [7, 11) is 0. The van der Waals surface area contributed by atoms with E-state index in [1.54, 1.807) is 0 Å². The molecular weight excluding hydrogens is 240 g/mol. The van der Waals surface area contributed by atoms with E-state index in [0.717, 1.165) is 24.5 Å². The van der Waals surface area contributed by atoms with E-state index in [4.69, 9.17) is 14.7 Å². The molecule has 0 aromatic heterocycles. The van der Waals surface area contributed by atoms with Crippen LogP contribution in [0, 0.1) is 11.3 Å². The molecule has 4 heteroatoms. The molecule has 0 fully saturated rings. The van der Waals surface area contributed by atoms with Crippen LogP contribution < -0.4 is 10.1 Å². The van der Waals surface area contributed by atoms with Crippen LogP contribution in [-0.4, -0.2) is 25.9 Å². The van der Waals surface area contributed by atoms with Crippen molar-refractivity contribution in [1.82, 2.24) is 0 Å². The smallest absolute Gasteiger partial charge is 0.121 e. The van der Waals surface area contributed by atoms with Crippen molar-refractivity contribution in [1.29, 1.82) is 5.26 Å². The molecule has 1 rings (SSSR count). The van der Waals surface area contributed by atoms with Crippen LogP contribution in [0.4, 0.5) is 5.69 Å². The Morgan fingerprint density at radius 3 is 3.00 bits per heavy atom. The van der Waals surface area contributed by atoms with E-state index < -0.39 is 0 Å². The molecule has 0 heterocycles. The van der Waals surface area contributed by atoms with Crippen molar-refractivity contribution in [3.63, 3.8) is 0 Å². The lowest BCUT2D eigenvalue weighted by Gasteiger charge is -2.15. The normalized spacial score (nSPS) is 11.6. The van der Waals surface area contributed by atoms with Gasteiger partial charge in [-0.2, -0.15) is 5.26 Å². The highest BCUT2D eigenvalue weighted by Gasteiger charge is 2.02. The minimum Gasteiger partial charge on any atom is -0.493 e. The first kappa shape index (κ1) is 15.3. The monoisotopic (exact) mass is 262 g/mol. The molecule has 0 aliphatic carbocycles. The largest absolute Gasteiger partial charge is 0.493 e. The first-order chi connectivity index (χ1) is 9.26. The molecule has 0 radical (unpaired) electrons. The lowest BCUT2D eigenvalue weighted by Crippen LogP contribution is -2.21. The van der Waals surface area contributed by atoms with Crippen molar-refractivity contribution in [3.05, 3.63) is 24.3 Å². The van der Waals surface area contributed by atoms with E-state index in [1.165, 1.54) is 0 Å². The predicted molar refractivity (Wildman–Crippen MR) is 76.4 cm³/mol. The Labute approximate surface area is 115 Å². The van der Waals surface area contributed by atoms with Crippen LogP contribution in [-0.2, 0) is 4.74 Å². The maximum absolute atomic E-state index is 8.45. The molecule has 1 atom stereocenters. The number of nitrogens with one attached hydrogen (secondary N) is 1. The first-order valence-electron chi connectivity index (χ1n) is 6.70. The summed E-state index contributed by atoms with van der Waals surface area (Å²) < 4.78 is 11.0. The van der Waals surface area contributed by atoms with Crippen LogP contribution in [0.25, 0.3) is 0 Å². The molecule has 1 aromatic rings. The Hall–Kier alpha value is -1.73. The van der Waals surface area contributed by atoms with E-state index in [1.807, 2.05) is 31.2 Å². The minimum absolute atomic E-state index is 0.258. The Bertz CT molecular complexity index is 401. The second kappa shape index (κ2) is 9.23. The summed E-state index contributed by atoms with van der Waals surface area (Å²) in [5.41, 5.74) is 1.02. The zero-order chi connectivity index (χ0) is 13.9. The molecule has 0 aliphatic heterocycles. The summed E-state index contributed by atoms with van der Waals surface area (Å²) in [5.74, 6) is 0.826. The Balaban J connectivity index is 2.41. The quantitative estimate of drug-likeness (QED) is 0.694. The molecule has 104 valence electrons. The molecule has 1 unspecified atom stereocenters. The lowest BCUT2D eigenvalue weighted by atomic mass is 10.2. The van der Waals surface area contributed by atoms with E-state index in [0.29, 0.717) is 19.6 Å². The predicted octanol–water partition coefficient (Wildman–Crippen LogP) is 3.21. The van der Waals surface area contributed by atoms with Crippen LogP contribution in [0.2, 0.25) is 0 Å². The Kier molecular flexibility index (Phi) is 7.45. The van der Waals surface area contributed by atoms with Gasteiger partial charge >= 0.3 is 0 Å². The van der Waals surface area contributed by atoms with Crippen molar-refractivity contribution < 1.29 is 9.47 Å². The molecule has 0 aliphatic rings. The number of benzene rings is 1. The molecule has 1 aromatic carbocycles. The van der Waals surface area contributed by atoms with Crippen LogP contribution in [0.15, 0.2) is 24.3 Å². The van der Waals surface area contributed by atoms with Crippen LogP contribution >= 0.6 is 0 Å². The van der Waals surface area contributed by atoms with Gasteiger partial charge in [-0.05, 0) is 32.4 Å². The summed E-state index contributed by atoms with van der Waals surface area (Å²) in [6.07, 6.45) is 1.29. The van der Waals surface area contributed by atoms with Gasteiger partial charge in [-0.15, -0.1) is 0 Å². The van der Waals surface area contributed by atoms with Gasteiger partial charge in [-0.3, -0.25) is 0 Å². The van der Waals surface area contributed by atoms with Gasteiger partial charge in [0.25, 0.3) is 0 Å². The van der Waals surface area contributed by atoms with Gasteiger partial charge in [0, 0.05) is 30.8 Å². The fourth-order valence-corrected chi connectivity index (χ4v) is 1.64. The summed E-state index contributed by atoms with van der Waals surface area (Å²) in [6, 6.07) is 10.2. The molecule has 0 saturated heterocycles. The second-order valence-corrected chi connectivity index (χ2v) is 4.34. The van der Waals surface area contributed by atoms with Crippen molar-refractivity contribution in [3.8, 4) is 11.8 Å². The van der Waals surface area contributed by atoms with E-state index in [9.17, 15) is 0 Å². The van der Waals surface area contributed by atoms with E-state index in [2.05, 4.69) is 18.3 Å². The summed E-state index contributed by atoms with van der Waals surface area (Å²) >= 11 is 0. The summed E-state index contributed by atoms with van der Waals surface area (Å²) in [4.78, 5) is 0. The zero-order valence-corrected chi connectivity index (χ0v) is 11.7. The fraction of sp³-hybridized carbons (Fsp3) is 0.533. The van der Waals surface area contributed by atoms with Crippen molar-refractivity contribution >= 4 is 5.69 Å². The number of hydrogen-bond donors (Lipinski definition) is 1. The lowest BCUT2D eigenvalue weighted by molar-refractivity contribution is 0.141. The number of nitriles is 1. The molecule has 0 spiro atoms. The molecule has 0 saturated carbocycles. The summed E-state index contributed by atoms with van der Waals surface area (Å²) in [5, 5.41) is 11.8. The topological polar surface area (TPSA) is 54.3 Å². The highest BCUT2D eigenvalue weighted by molar-refractivity contribution is 5.48. The molecule has 0 bridgehead atoms. The van der Waals surface area contributed by atoms with Crippen LogP contribution in [0.5, 0.6) is 5.75 Å². The molecule has 0 amide bonds. The molecule has 4 nitrogen and oxygen atoms in total. The number of anilines is 1. The Morgan fingerprint density at radius 2 is 2.26 bits per heavy atom. The average molecular weight is 262 g/mol. The van der Waals surface area contributed by atoms with Crippen molar-refractivity contribution in [2.24, 2.45) is 0 Å². The zero-order valence-electron chi connectivity index (χ0n) is 11.7. The van der Waals surface area contributed by atoms with Gasteiger partial charge < -0.3 is 14.8 Å². The van der Waals surface area contributed by atoms with Gasteiger partial charge in [0.1, 0.15) is 5.75 Å². The summed E-state index contributed by atoms with van der Waals surface area (Å²) in [6.45, 7) is 6.06. The van der Waals surface area contributed by atoms with Gasteiger partial charge in [0.15, 0.2) is 0 Å². The van der Waals surface area contributed by atoms with Crippen molar-refractivity contribution in [2.45, 2.75) is 32.7 Å². The maximum Gasteiger partial charge on any atom is 0.121 e. The van der Waals surface area contributed by atoms with Gasteiger partial charge in [-0.1, -0.05) is 6.07 Å². The number of rotatable bonds is 9. The number of unbranched alkanes of at least 4 members (excludes halogenated alkanes) is 1. The third-order valence-electron chi connectivity index (χ3n) is 2.52. The highest BCUT2D eigenvalue weighted by atomic mass is 16.5. The highest BCUT2D eigenvalue weighted by Crippen LogP contribution is 2.18. The maximum atomic E-state index is 8.45. The number of hydrogen-bond acceptors (Lipinski definition) is 4. The van der Waals surface area contributed by atoms with Crippen LogP contribution in [0.1, 0.15) is 26.7 Å². The second-order valence-electron chi connectivity index (χ2n) is 4.34. The minimum atomic E-state index is 0.258. The van der Waals surface area contributed by atoms with Crippen molar-refractivity contribution in [2.75, 3.05) is 25.1 Å². The third kappa shape index (κ3) is 6.68. The Morgan fingerprint density at radius 1 is 1.42 bits per heavy atom. The molecule has 19 heavy (non-hydrogen) atoms. The fourth-order valence-electron chi connectivity index (χ4n) is 1.64. The SMILES string of the molecule is CCOCC(C)Nc1cccc(OCCCC#N)c1. The number of ether oxygens (including phenoxy) is 2. The van der Waals surface area contributed by atoms with Gasteiger partial charge in [-0.25, -0.2) is 0 Å². The van der Waals surface area contributed by atoms with Crippen LogP contribution in [0.3, 0.4) is 0 Å².